The van der Waals surface area contributed by atoms with Gasteiger partial charge in [-0.15, -0.1) is 0 Å². The molecule has 1 heterocycles. The van der Waals surface area contributed by atoms with Crippen LogP contribution in [0.1, 0.15) is 23.1 Å². The van der Waals surface area contributed by atoms with E-state index in [9.17, 15) is 15.0 Å². The Morgan fingerprint density at radius 1 is 0.839 bits per heavy atom. The van der Waals surface area contributed by atoms with Crippen LogP contribution in [0.5, 0.6) is 5.75 Å². The summed E-state index contributed by atoms with van der Waals surface area (Å²) < 4.78 is 0. The van der Waals surface area contributed by atoms with E-state index in [0.29, 0.717) is 19.4 Å². The first-order valence-electron chi connectivity index (χ1n) is 10.7. The van der Waals surface area contributed by atoms with Gasteiger partial charge in [0.15, 0.2) is 0 Å². The standard InChI is InChI=1S/C26H28N2O3/c29-22-13-7-12-21(16-22)18-28-24(17-20-10-5-2-6-11-20)25(30)23(27-26(28)31)15-14-19-8-3-1-4-9-19/h1-13,16,23-25,29-30H,14-15,17-18H2,(H,27,31)/t23-,24-,25-/m1/s1. The number of amides is 2. The quantitative estimate of drug-likeness (QED) is 0.547. The molecule has 31 heavy (non-hydrogen) atoms. The van der Waals surface area contributed by atoms with Gasteiger partial charge in [-0.3, -0.25) is 0 Å². The van der Waals surface area contributed by atoms with Gasteiger partial charge in [-0.2, -0.15) is 0 Å². The van der Waals surface area contributed by atoms with E-state index < -0.39 is 6.10 Å². The first-order chi connectivity index (χ1) is 15.1. The second-order valence-corrected chi connectivity index (χ2v) is 8.13. The molecule has 0 unspecified atom stereocenters. The third-order valence-corrected chi connectivity index (χ3v) is 5.91. The van der Waals surface area contributed by atoms with Gasteiger partial charge < -0.3 is 20.4 Å². The molecule has 3 N–H and O–H groups in total. The molecule has 1 saturated heterocycles. The Hall–Kier alpha value is -3.31. The smallest absolute Gasteiger partial charge is 0.318 e. The molecule has 4 rings (SSSR count). The molecule has 1 aliphatic rings. The Kier molecular flexibility index (Phi) is 6.53. The summed E-state index contributed by atoms with van der Waals surface area (Å²) in [7, 11) is 0. The molecule has 3 aromatic rings. The number of urea groups is 1. The Labute approximate surface area is 183 Å². The molecule has 0 saturated carbocycles. The molecule has 1 aliphatic heterocycles. The van der Waals surface area contributed by atoms with E-state index in [1.807, 2.05) is 54.6 Å². The van der Waals surface area contributed by atoms with Gasteiger partial charge in [0.25, 0.3) is 0 Å². The molecule has 3 atom stereocenters. The van der Waals surface area contributed by atoms with Gasteiger partial charge in [-0.05, 0) is 48.1 Å². The number of phenols is 1. The number of rotatable bonds is 7. The summed E-state index contributed by atoms with van der Waals surface area (Å²) in [4.78, 5) is 14.8. The number of hydrogen-bond donors (Lipinski definition) is 3. The number of aliphatic hydroxyl groups excluding tert-OH is 1. The third-order valence-electron chi connectivity index (χ3n) is 5.91. The zero-order valence-corrected chi connectivity index (χ0v) is 17.4. The highest BCUT2D eigenvalue weighted by atomic mass is 16.3. The van der Waals surface area contributed by atoms with Crippen molar-refractivity contribution in [2.75, 3.05) is 0 Å². The number of nitrogens with zero attached hydrogens (tertiary/aromatic N) is 1. The summed E-state index contributed by atoms with van der Waals surface area (Å²) in [6.07, 6.45) is 1.31. The van der Waals surface area contributed by atoms with Crippen molar-refractivity contribution in [2.24, 2.45) is 0 Å². The highest BCUT2D eigenvalue weighted by molar-refractivity contribution is 5.76. The topological polar surface area (TPSA) is 72.8 Å². The van der Waals surface area contributed by atoms with Crippen molar-refractivity contribution in [3.63, 3.8) is 0 Å². The number of aromatic hydroxyl groups is 1. The maximum atomic E-state index is 13.1. The van der Waals surface area contributed by atoms with E-state index >= 15 is 0 Å². The fourth-order valence-corrected chi connectivity index (χ4v) is 4.27. The van der Waals surface area contributed by atoms with E-state index in [-0.39, 0.29) is 23.9 Å². The van der Waals surface area contributed by atoms with Gasteiger partial charge in [-0.25, -0.2) is 4.79 Å². The fraction of sp³-hybridized carbons (Fsp3) is 0.269. The highest BCUT2D eigenvalue weighted by Gasteiger charge is 2.40. The van der Waals surface area contributed by atoms with Crippen LogP contribution in [0.2, 0.25) is 0 Å². The molecule has 160 valence electrons. The molecule has 3 aromatic carbocycles. The lowest BCUT2D eigenvalue weighted by molar-refractivity contribution is 0.0100. The van der Waals surface area contributed by atoms with Crippen molar-refractivity contribution in [2.45, 2.75) is 44.0 Å². The molecule has 0 bridgehead atoms. The van der Waals surface area contributed by atoms with Gasteiger partial charge in [-0.1, -0.05) is 72.8 Å². The maximum Gasteiger partial charge on any atom is 0.318 e. The molecule has 1 fully saturated rings. The minimum absolute atomic E-state index is 0.163. The van der Waals surface area contributed by atoms with Crippen molar-refractivity contribution in [1.82, 2.24) is 10.2 Å². The highest BCUT2D eigenvalue weighted by Crippen LogP contribution is 2.25. The Morgan fingerprint density at radius 2 is 1.48 bits per heavy atom. The molecular formula is C26H28N2O3. The van der Waals surface area contributed by atoms with Crippen molar-refractivity contribution in [3.05, 3.63) is 102 Å². The van der Waals surface area contributed by atoms with Crippen LogP contribution in [0, 0.1) is 0 Å². The number of hydrogen-bond acceptors (Lipinski definition) is 3. The molecule has 5 nitrogen and oxygen atoms in total. The number of phenolic OH excluding ortho intramolecular Hbond substituents is 1. The van der Waals surface area contributed by atoms with Gasteiger partial charge in [0.05, 0.1) is 18.2 Å². The lowest BCUT2D eigenvalue weighted by atomic mass is 9.89. The first kappa shape index (κ1) is 20.9. The Balaban J connectivity index is 1.55. The Bertz CT molecular complexity index is 994. The summed E-state index contributed by atoms with van der Waals surface area (Å²) in [5, 5.41) is 24.1. The number of aryl methyl sites for hydroxylation is 1. The average molecular weight is 417 g/mol. The summed E-state index contributed by atoms with van der Waals surface area (Å²) in [5.41, 5.74) is 3.08. The number of carbonyl (C=O) groups excluding carboxylic acids is 1. The molecule has 5 heteroatoms. The van der Waals surface area contributed by atoms with Crippen molar-refractivity contribution < 1.29 is 15.0 Å². The monoisotopic (exact) mass is 416 g/mol. The second-order valence-electron chi connectivity index (χ2n) is 8.13. The zero-order chi connectivity index (χ0) is 21.6. The van der Waals surface area contributed by atoms with E-state index in [1.165, 1.54) is 5.56 Å². The van der Waals surface area contributed by atoms with Crippen LogP contribution in [0.25, 0.3) is 0 Å². The molecule has 2 amide bonds. The van der Waals surface area contributed by atoms with E-state index in [0.717, 1.165) is 17.5 Å². The maximum absolute atomic E-state index is 13.1. The normalized spacial score (nSPS) is 21.0. The number of benzene rings is 3. The van der Waals surface area contributed by atoms with Crippen LogP contribution in [0.4, 0.5) is 4.79 Å². The summed E-state index contributed by atoms with van der Waals surface area (Å²) in [5.74, 6) is 0.163. The SMILES string of the molecule is O=C1N[C@H](CCc2ccccc2)[C@@H](O)[C@@H](Cc2ccccc2)N1Cc1cccc(O)c1. The predicted octanol–water partition coefficient (Wildman–Crippen LogP) is 3.89. The largest absolute Gasteiger partial charge is 0.508 e. The summed E-state index contributed by atoms with van der Waals surface area (Å²) in [6.45, 7) is 0.320. The number of aliphatic hydroxyl groups is 1. The lowest BCUT2D eigenvalue weighted by Gasteiger charge is -2.44. The fourth-order valence-electron chi connectivity index (χ4n) is 4.27. The molecule has 0 radical (unpaired) electrons. The van der Waals surface area contributed by atoms with Crippen molar-refractivity contribution in [1.29, 1.82) is 0 Å². The van der Waals surface area contributed by atoms with Crippen LogP contribution < -0.4 is 5.32 Å². The Morgan fingerprint density at radius 3 is 2.16 bits per heavy atom. The molecule has 0 aromatic heterocycles. The molecule has 0 aliphatic carbocycles. The van der Waals surface area contributed by atoms with Crippen LogP contribution in [0.3, 0.4) is 0 Å². The number of carbonyl (C=O) groups is 1. The summed E-state index contributed by atoms with van der Waals surface area (Å²) >= 11 is 0. The molecule has 0 spiro atoms. The third kappa shape index (κ3) is 5.25. The van der Waals surface area contributed by atoms with E-state index in [2.05, 4.69) is 17.4 Å². The van der Waals surface area contributed by atoms with Gasteiger partial charge in [0, 0.05) is 6.54 Å². The van der Waals surface area contributed by atoms with Crippen LogP contribution >= 0.6 is 0 Å². The van der Waals surface area contributed by atoms with E-state index in [1.54, 1.807) is 23.1 Å². The van der Waals surface area contributed by atoms with Gasteiger partial charge in [0.1, 0.15) is 5.75 Å². The minimum Gasteiger partial charge on any atom is -0.508 e. The van der Waals surface area contributed by atoms with Crippen LogP contribution in [-0.2, 0) is 19.4 Å². The van der Waals surface area contributed by atoms with Crippen molar-refractivity contribution >= 4 is 6.03 Å². The van der Waals surface area contributed by atoms with Gasteiger partial charge in [0.2, 0.25) is 0 Å². The van der Waals surface area contributed by atoms with E-state index in [4.69, 9.17) is 0 Å². The number of nitrogens with one attached hydrogen (secondary N) is 1. The minimum atomic E-state index is -0.709. The van der Waals surface area contributed by atoms with Crippen LogP contribution in [0.15, 0.2) is 84.9 Å². The van der Waals surface area contributed by atoms with Crippen LogP contribution in [-0.4, -0.2) is 39.3 Å². The zero-order valence-electron chi connectivity index (χ0n) is 17.4. The summed E-state index contributed by atoms with van der Waals surface area (Å²) in [6, 6.07) is 26.1. The first-order valence-corrected chi connectivity index (χ1v) is 10.7. The van der Waals surface area contributed by atoms with Gasteiger partial charge >= 0.3 is 6.03 Å². The average Bonchev–Trinajstić information content (AvgIpc) is 2.79. The predicted molar refractivity (Wildman–Crippen MR) is 121 cm³/mol. The van der Waals surface area contributed by atoms with Crippen molar-refractivity contribution in [3.8, 4) is 5.75 Å². The second kappa shape index (κ2) is 9.67. The lowest BCUT2D eigenvalue weighted by Crippen LogP contribution is -2.65. The molecular weight excluding hydrogens is 388 g/mol.